The fourth-order valence-corrected chi connectivity index (χ4v) is 1.76. The van der Waals surface area contributed by atoms with Crippen molar-refractivity contribution < 1.29 is 24.1 Å². The SMILES string of the molecule is CCOC(=O)CC(O)c1ccc2c(c1)OCCO2. The van der Waals surface area contributed by atoms with Gasteiger partial charge in [0.05, 0.1) is 19.1 Å². The molecule has 0 saturated carbocycles. The Bertz CT molecular complexity index is 429. The van der Waals surface area contributed by atoms with Gasteiger partial charge in [0.15, 0.2) is 11.5 Å². The van der Waals surface area contributed by atoms with Crippen LogP contribution in [0.3, 0.4) is 0 Å². The van der Waals surface area contributed by atoms with E-state index in [1.165, 1.54) is 0 Å². The van der Waals surface area contributed by atoms with Gasteiger partial charge in [-0.25, -0.2) is 0 Å². The maximum Gasteiger partial charge on any atom is 0.308 e. The van der Waals surface area contributed by atoms with E-state index in [2.05, 4.69) is 0 Å². The van der Waals surface area contributed by atoms with E-state index in [4.69, 9.17) is 14.2 Å². The Balaban J connectivity index is 2.06. The fourth-order valence-electron chi connectivity index (χ4n) is 1.76. The van der Waals surface area contributed by atoms with Crippen molar-refractivity contribution >= 4 is 5.97 Å². The zero-order valence-electron chi connectivity index (χ0n) is 10.2. The van der Waals surface area contributed by atoms with Gasteiger partial charge in [0.25, 0.3) is 0 Å². The van der Waals surface area contributed by atoms with Crippen LogP contribution in [-0.4, -0.2) is 30.9 Å². The van der Waals surface area contributed by atoms with E-state index in [1.807, 2.05) is 0 Å². The second kappa shape index (κ2) is 5.73. The maximum absolute atomic E-state index is 11.3. The normalized spacial score (nSPS) is 15.0. The predicted octanol–water partition coefficient (Wildman–Crippen LogP) is 1.44. The highest BCUT2D eigenvalue weighted by atomic mass is 16.6. The minimum atomic E-state index is -0.889. The molecule has 0 radical (unpaired) electrons. The number of carbonyl (C=O) groups is 1. The van der Waals surface area contributed by atoms with Gasteiger partial charge in [0.2, 0.25) is 0 Å². The second-order valence-corrected chi connectivity index (χ2v) is 3.93. The van der Waals surface area contributed by atoms with E-state index < -0.39 is 12.1 Å². The quantitative estimate of drug-likeness (QED) is 0.821. The van der Waals surface area contributed by atoms with Crippen LogP contribution in [0.25, 0.3) is 0 Å². The zero-order valence-corrected chi connectivity index (χ0v) is 10.2. The molecule has 5 nitrogen and oxygen atoms in total. The molecular formula is C13H16O5. The van der Waals surface area contributed by atoms with Gasteiger partial charge in [-0.2, -0.15) is 0 Å². The Labute approximate surface area is 105 Å². The van der Waals surface area contributed by atoms with Crippen LogP contribution in [0.1, 0.15) is 25.0 Å². The van der Waals surface area contributed by atoms with Crippen molar-refractivity contribution in [2.45, 2.75) is 19.4 Å². The maximum atomic E-state index is 11.3. The standard InChI is InChI=1S/C13H16O5/c1-2-16-13(15)8-10(14)9-3-4-11-12(7-9)18-6-5-17-11/h3-4,7,10,14H,2,5-6,8H2,1H3. The summed E-state index contributed by atoms with van der Waals surface area (Å²) in [5.74, 6) is 0.842. The third-order valence-electron chi connectivity index (χ3n) is 2.62. The highest BCUT2D eigenvalue weighted by molar-refractivity contribution is 5.70. The average molecular weight is 252 g/mol. The first-order chi connectivity index (χ1) is 8.70. The first kappa shape index (κ1) is 12.7. The Hall–Kier alpha value is -1.75. The molecule has 0 spiro atoms. The molecule has 1 unspecified atom stereocenters. The summed E-state index contributed by atoms with van der Waals surface area (Å²) < 4.78 is 15.6. The fraction of sp³-hybridized carbons (Fsp3) is 0.462. The number of aliphatic hydroxyl groups is 1. The summed E-state index contributed by atoms with van der Waals surface area (Å²) in [6.45, 7) is 3.06. The summed E-state index contributed by atoms with van der Waals surface area (Å²) in [5.41, 5.74) is 0.618. The van der Waals surface area contributed by atoms with E-state index >= 15 is 0 Å². The molecule has 1 atom stereocenters. The zero-order chi connectivity index (χ0) is 13.0. The summed E-state index contributed by atoms with van der Waals surface area (Å²) in [4.78, 5) is 11.3. The first-order valence-corrected chi connectivity index (χ1v) is 5.94. The van der Waals surface area contributed by atoms with E-state index in [0.29, 0.717) is 36.9 Å². The van der Waals surface area contributed by atoms with E-state index in [1.54, 1.807) is 25.1 Å². The molecule has 0 amide bonds. The number of hydrogen-bond acceptors (Lipinski definition) is 5. The van der Waals surface area contributed by atoms with Crippen LogP contribution in [0.5, 0.6) is 11.5 Å². The monoisotopic (exact) mass is 252 g/mol. The number of carbonyl (C=O) groups excluding carboxylic acids is 1. The van der Waals surface area contributed by atoms with Crippen LogP contribution in [0.4, 0.5) is 0 Å². The number of aliphatic hydroxyl groups excluding tert-OH is 1. The molecule has 98 valence electrons. The molecule has 18 heavy (non-hydrogen) atoms. The number of fused-ring (bicyclic) bond motifs is 1. The van der Waals surface area contributed by atoms with Gasteiger partial charge in [-0.1, -0.05) is 6.07 Å². The molecule has 5 heteroatoms. The summed E-state index contributed by atoms with van der Waals surface area (Å²) >= 11 is 0. The smallest absolute Gasteiger partial charge is 0.308 e. The van der Waals surface area contributed by atoms with Crippen LogP contribution >= 0.6 is 0 Å². The number of hydrogen-bond donors (Lipinski definition) is 1. The van der Waals surface area contributed by atoms with Crippen LogP contribution < -0.4 is 9.47 Å². The van der Waals surface area contributed by atoms with Crippen LogP contribution in [0, 0.1) is 0 Å². The van der Waals surface area contributed by atoms with Crippen molar-refractivity contribution in [3.05, 3.63) is 23.8 Å². The molecule has 0 saturated heterocycles. The highest BCUT2D eigenvalue weighted by Crippen LogP contribution is 2.33. The van der Waals surface area contributed by atoms with Gasteiger partial charge in [-0.05, 0) is 24.6 Å². The Morgan fingerprint density at radius 2 is 2.11 bits per heavy atom. The minimum absolute atomic E-state index is 0.0620. The number of esters is 1. The lowest BCUT2D eigenvalue weighted by Gasteiger charge is -2.20. The van der Waals surface area contributed by atoms with Crippen molar-refractivity contribution in [2.75, 3.05) is 19.8 Å². The van der Waals surface area contributed by atoms with Crippen molar-refractivity contribution in [2.24, 2.45) is 0 Å². The Morgan fingerprint density at radius 3 is 2.83 bits per heavy atom. The molecule has 0 aliphatic carbocycles. The third kappa shape index (κ3) is 2.92. The molecule has 1 aliphatic heterocycles. The number of rotatable bonds is 4. The van der Waals surface area contributed by atoms with Crippen LogP contribution in [0.2, 0.25) is 0 Å². The van der Waals surface area contributed by atoms with Gasteiger partial charge in [0.1, 0.15) is 13.2 Å². The second-order valence-electron chi connectivity index (χ2n) is 3.93. The summed E-state index contributed by atoms with van der Waals surface area (Å²) in [6, 6.07) is 5.15. The molecule has 2 rings (SSSR count). The van der Waals surface area contributed by atoms with Gasteiger partial charge in [-0.3, -0.25) is 4.79 Å². The lowest BCUT2D eigenvalue weighted by molar-refractivity contribution is -0.145. The molecule has 1 aromatic rings. The average Bonchev–Trinajstić information content (AvgIpc) is 2.38. The first-order valence-electron chi connectivity index (χ1n) is 5.94. The molecule has 0 bridgehead atoms. The van der Waals surface area contributed by atoms with Gasteiger partial charge < -0.3 is 19.3 Å². The Kier molecular flexibility index (Phi) is 4.04. The molecule has 1 aliphatic rings. The van der Waals surface area contributed by atoms with Crippen molar-refractivity contribution in [1.82, 2.24) is 0 Å². The Morgan fingerprint density at radius 1 is 1.39 bits per heavy atom. The van der Waals surface area contributed by atoms with Crippen molar-refractivity contribution in [1.29, 1.82) is 0 Å². The number of benzene rings is 1. The summed E-state index contributed by atoms with van der Waals surface area (Å²) in [5, 5.41) is 9.92. The molecule has 1 aromatic carbocycles. The van der Waals surface area contributed by atoms with Crippen LogP contribution in [0.15, 0.2) is 18.2 Å². The third-order valence-corrected chi connectivity index (χ3v) is 2.62. The van der Waals surface area contributed by atoms with E-state index in [9.17, 15) is 9.90 Å². The summed E-state index contributed by atoms with van der Waals surface area (Å²) in [7, 11) is 0. The van der Waals surface area contributed by atoms with Crippen LogP contribution in [-0.2, 0) is 9.53 Å². The topological polar surface area (TPSA) is 65.0 Å². The molecule has 1 N–H and O–H groups in total. The molecular weight excluding hydrogens is 236 g/mol. The highest BCUT2D eigenvalue weighted by Gasteiger charge is 2.18. The minimum Gasteiger partial charge on any atom is -0.486 e. The van der Waals surface area contributed by atoms with Gasteiger partial charge in [0, 0.05) is 0 Å². The predicted molar refractivity (Wildman–Crippen MR) is 63.6 cm³/mol. The summed E-state index contributed by atoms with van der Waals surface area (Å²) in [6.07, 6.45) is -0.951. The largest absolute Gasteiger partial charge is 0.486 e. The molecule has 0 fully saturated rings. The van der Waals surface area contributed by atoms with Gasteiger partial charge in [-0.15, -0.1) is 0 Å². The van der Waals surface area contributed by atoms with E-state index in [0.717, 1.165) is 0 Å². The lowest BCUT2D eigenvalue weighted by atomic mass is 10.1. The lowest BCUT2D eigenvalue weighted by Crippen LogP contribution is -2.16. The van der Waals surface area contributed by atoms with E-state index in [-0.39, 0.29) is 6.42 Å². The van der Waals surface area contributed by atoms with Gasteiger partial charge >= 0.3 is 5.97 Å². The number of ether oxygens (including phenoxy) is 3. The molecule has 1 heterocycles. The van der Waals surface area contributed by atoms with Crippen molar-refractivity contribution in [3.8, 4) is 11.5 Å². The van der Waals surface area contributed by atoms with Crippen molar-refractivity contribution in [3.63, 3.8) is 0 Å². The molecule has 0 aromatic heterocycles.